The number of hydrogen-bond donors (Lipinski definition) is 2. The van der Waals surface area contributed by atoms with E-state index >= 15 is 0 Å². The zero-order valence-corrected chi connectivity index (χ0v) is 18.4. The normalized spacial score (nSPS) is 20.2. The van der Waals surface area contributed by atoms with E-state index in [1.54, 1.807) is 53.4 Å². The fraction of sp³-hybridized carbons (Fsp3) is 0.375. The van der Waals surface area contributed by atoms with Crippen molar-refractivity contribution >= 4 is 35.0 Å². The van der Waals surface area contributed by atoms with Crippen molar-refractivity contribution < 1.29 is 19.1 Å². The molecule has 2 heterocycles. The minimum Gasteiger partial charge on any atom is -0.376 e. The first-order valence-electron chi connectivity index (χ1n) is 10.9. The van der Waals surface area contributed by atoms with Crippen LogP contribution in [0.15, 0.2) is 48.5 Å². The first kappa shape index (κ1) is 22.3. The Morgan fingerprint density at radius 1 is 1.06 bits per heavy atom. The molecular formula is C24H26ClN3O4. The third-order valence-corrected chi connectivity index (χ3v) is 6.16. The topological polar surface area (TPSA) is 87.7 Å². The Balaban J connectivity index is 1.41. The molecule has 0 aliphatic carbocycles. The molecule has 168 valence electrons. The summed E-state index contributed by atoms with van der Waals surface area (Å²) in [4.78, 5) is 40.0. The van der Waals surface area contributed by atoms with Gasteiger partial charge in [-0.05, 0) is 56.0 Å². The number of rotatable bonds is 6. The number of nitrogens with one attached hydrogen (secondary N) is 2. The van der Waals surface area contributed by atoms with Crippen LogP contribution < -0.4 is 10.6 Å². The molecule has 2 aromatic carbocycles. The van der Waals surface area contributed by atoms with Crippen LogP contribution in [0.5, 0.6) is 0 Å². The fourth-order valence-electron chi connectivity index (χ4n) is 4.16. The predicted molar refractivity (Wildman–Crippen MR) is 122 cm³/mol. The molecule has 2 fully saturated rings. The van der Waals surface area contributed by atoms with Crippen LogP contribution in [-0.4, -0.2) is 54.5 Å². The van der Waals surface area contributed by atoms with Crippen molar-refractivity contribution in [2.75, 3.05) is 25.0 Å². The summed E-state index contributed by atoms with van der Waals surface area (Å²) in [5.74, 6) is -0.726. The van der Waals surface area contributed by atoms with E-state index in [4.69, 9.17) is 16.3 Å². The summed E-state index contributed by atoms with van der Waals surface area (Å²) in [5, 5.41) is 6.07. The van der Waals surface area contributed by atoms with Crippen molar-refractivity contribution in [3.63, 3.8) is 0 Å². The van der Waals surface area contributed by atoms with E-state index in [0.29, 0.717) is 41.3 Å². The zero-order chi connectivity index (χ0) is 22.5. The number of nitrogens with zero attached hydrogens (tertiary/aromatic N) is 1. The molecule has 4 rings (SSSR count). The fourth-order valence-corrected chi connectivity index (χ4v) is 4.38. The highest BCUT2D eigenvalue weighted by Crippen LogP contribution is 2.23. The summed E-state index contributed by atoms with van der Waals surface area (Å²) in [5.41, 5.74) is 1.26. The van der Waals surface area contributed by atoms with Crippen molar-refractivity contribution in [3.8, 4) is 0 Å². The van der Waals surface area contributed by atoms with Gasteiger partial charge in [0.25, 0.3) is 11.8 Å². The van der Waals surface area contributed by atoms with Gasteiger partial charge < -0.3 is 20.3 Å². The SMILES string of the molecule is O=C(Nc1cccc(C(=O)N2CCCC2C(=O)NCC2CCCO2)c1)c1ccccc1Cl. The van der Waals surface area contributed by atoms with Gasteiger partial charge in [0.1, 0.15) is 6.04 Å². The molecule has 2 unspecified atom stereocenters. The smallest absolute Gasteiger partial charge is 0.257 e. The number of amides is 3. The quantitative estimate of drug-likeness (QED) is 0.698. The molecule has 32 heavy (non-hydrogen) atoms. The minimum absolute atomic E-state index is 0.0583. The van der Waals surface area contributed by atoms with E-state index in [0.717, 1.165) is 25.9 Å². The van der Waals surface area contributed by atoms with E-state index in [1.165, 1.54) is 0 Å². The molecule has 3 amide bonds. The van der Waals surface area contributed by atoms with Crippen LogP contribution in [0.25, 0.3) is 0 Å². The Kier molecular flexibility index (Phi) is 7.07. The first-order chi connectivity index (χ1) is 15.5. The molecule has 2 N–H and O–H groups in total. The molecule has 2 aromatic rings. The molecule has 0 aromatic heterocycles. The Morgan fingerprint density at radius 2 is 1.91 bits per heavy atom. The average molecular weight is 456 g/mol. The predicted octanol–water partition coefficient (Wildman–Crippen LogP) is 3.49. The molecule has 0 spiro atoms. The lowest BCUT2D eigenvalue weighted by molar-refractivity contribution is -0.125. The van der Waals surface area contributed by atoms with Crippen LogP contribution in [0.3, 0.4) is 0 Å². The molecule has 2 aliphatic heterocycles. The van der Waals surface area contributed by atoms with Crippen molar-refractivity contribution in [2.24, 2.45) is 0 Å². The van der Waals surface area contributed by atoms with Gasteiger partial charge in [-0.1, -0.05) is 29.8 Å². The van der Waals surface area contributed by atoms with E-state index in [2.05, 4.69) is 10.6 Å². The Hall–Kier alpha value is -2.90. The van der Waals surface area contributed by atoms with E-state index in [-0.39, 0.29) is 23.8 Å². The number of hydrogen-bond acceptors (Lipinski definition) is 4. The third kappa shape index (κ3) is 5.11. The highest BCUT2D eigenvalue weighted by Gasteiger charge is 2.35. The van der Waals surface area contributed by atoms with Gasteiger partial charge in [-0.3, -0.25) is 14.4 Å². The van der Waals surface area contributed by atoms with Crippen LogP contribution in [-0.2, 0) is 9.53 Å². The molecule has 0 radical (unpaired) electrons. The maximum absolute atomic E-state index is 13.2. The molecule has 2 saturated heterocycles. The second kappa shape index (κ2) is 10.1. The maximum atomic E-state index is 13.2. The van der Waals surface area contributed by atoms with E-state index in [9.17, 15) is 14.4 Å². The summed E-state index contributed by atoms with van der Waals surface area (Å²) >= 11 is 6.10. The van der Waals surface area contributed by atoms with Gasteiger partial charge in [-0.2, -0.15) is 0 Å². The van der Waals surface area contributed by atoms with Crippen LogP contribution in [0.2, 0.25) is 5.02 Å². The van der Waals surface area contributed by atoms with Gasteiger partial charge >= 0.3 is 0 Å². The van der Waals surface area contributed by atoms with Gasteiger partial charge in [-0.25, -0.2) is 0 Å². The standard InChI is InChI=1S/C24H26ClN3O4/c25-20-10-2-1-9-19(20)22(29)27-17-7-3-6-16(14-17)24(31)28-12-4-11-21(28)23(30)26-15-18-8-5-13-32-18/h1-3,6-7,9-10,14,18,21H,4-5,8,11-13,15H2,(H,26,30)(H,27,29). The molecule has 8 heteroatoms. The second-order valence-electron chi connectivity index (χ2n) is 8.05. The van der Waals surface area contributed by atoms with Gasteiger partial charge in [0, 0.05) is 30.9 Å². The van der Waals surface area contributed by atoms with Crippen LogP contribution >= 0.6 is 11.6 Å². The zero-order valence-electron chi connectivity index (χ0n) is 17.7. The second-order valence-corrected chi connectivity index (χ2v) is 8.46. The number of anilines is 1. The Bertz CT molecular complexity index is 1010. The Labute approximate surface area is 192 Å². The van der Waals surface area contributed by atoms with Gasteiger partial charge in [0.05, 0.1) is 16.7 Å². The number of ether oxygens (including phenoxy) is 1. The summed E-state index contributed by atoms with van der Waals surface area (Å²) in [6.45, 7) is 1.73. The maximum Gasteiger partial charge on any atom is 0.257 e. The van der Waals surface area contributed by atoms with Gasteiger partial charge in [-0.15, -0.1) is 0 Å². The summed E-state index contributed by atoms with van der Waals surface area (Å²) in [7, 11) is 0. The van der Waals surface area contributed by atoms with E-state index in [1.807, 2.05) is 0 Å². The molecule has 2 atom stereocenters. The van der Waals surface area contributed by atoms with Crippen molar-refractivity contribution in [3.05, 3.63) is 64.7 Å². The monoisotopic (exact) mass is 455 g/mol. The summed E-state index contributed by atoms with van der Waals surface area (Å²) in [6.07, 6.45) is 3.42. The number of benzene rings is 2. The number of likely N-dealkylation sites (tertiary alicyclic amines) is 1. The van der Waals surface area contributed by atoms with Crippen molar-refractivity contribution in [1.29, 1.82) is 0 Å². The lowest BCUT2D eigenvalue weighted by Gasteiger charge is -2.25. The van der Waals surface area contributed by atoms with E-state index < -0.39 is 6.04 Å². The largest absolute Gasteiger partial charge is 0.376 e. The summed E-state index contributed by atoms with van der Waals surface area (Å²) < 4.78 is 5.56. The van der Waals surface area contributed by atoms with Crippen LogP contribution in [0, 0.1) is 0 Å². The molecule has 0 bridgehead atoms. The number of carbonyl (C=O) groups is 3. The summed E-state index contributed by atoms with van der Waals surface area (Å²) in [6, 6.07) is 13.0. The third-order valence-electron chi connectivity index (χ3n) is 5.83. The van der Waals surface area contributed by atoms with Gasteiger partial charge in [0.15, 0.2) is 0 Å². The molecule has 0 saturated carbocycles. The van der Waals surface area contributed by atoms with Crippen LogP contribution in [0.1, 0.15) is 46.4 Å². The first-order valence-corrected chi connectivity index (χ1v) is 11.3. The lowest BCUT2D eigenvalue weighted by atomic mass is 10.1. The van der Waals surface area contributed by atoms with Crippen molar-refractivity contribution in [1.82, 2.24) is 10.2 Å². The molecule has 2 aliphatic rings. The Morgan fingerprint density at radius 3 is 2.69 bits per heavy atom. The molecule has 7 nitrogen and oxygen atoms in total. The highest BCUT2D eigenvalue weighted by molar-refractivity contribution is 6.34. The van der Waals surface area contributed by atoms with Gasteiger partial charge in [0.2, 0.25) is 5.91 Å². The highest BCUT2D eigenvalue weighted by atomic mass is 35.5. The lowest BCUT2D eigenvalue weighted by Crippen LogP contribution is -2.47. The number of carbonyl (C=O) groups excluding carboxylic acids is 3. The van der Waals surface area contributed by atoms with Crippen molar-refractivity contribution in [2.45, 2.75) is 37.8 Å². The molecular weight excluding hydrogens is 430 g/mol. The average Bonchev–Trinajstić information content (AvgIpc) is 3.49. The number of halogens is 1. The minimum atomic E-state index is -0.495. The van der Waals surface area contributed by atoms with Crippen LogP contribution in [0.4, 0.5) is 5.69 Å².